The van der Waals surface area contributed by atoms with Crippen LogP contribution in [0, 0.1) is 5.41 Å². The van der Waals surface area contributed by atoms with E-state index in [1.54, 1.807) is 39.0 Å². The first-order valence-electron chi connectivity index (χ1n) is 8.15. The first kappa shape index (κ1) is 19.5. The summed E-state index contributed by atoms with van der Waals surface area (Å²) in [5.74, 6) is 0.414. The predicted molar refractivity (Wildman–Crippen MR) is 106 cm³/mol. The average molecular weight is 417 g/mol. The molecule has 0 unspecified atom stereocenters. The Labute approximate surface area is 162 Å². The highest BCUT2D eigenvalue weighted by atomic mass is 35.5. The topological polar surface area (TPSA) is 76.0 Å². The quantitative estimate of drug-likeness (QED) is 0.737. The van der Waals surface area contributed by atoms with Gasteiger partial charge in [0.1, 0.15) is 5.75 Å². The molecule has 2 atom stereocenters. The number of hydrogen-bond donors (Lipinski definition) is 0. The van der Waals surface area contributed by atoms with Crippen molar-refractivity contribution in [3.05, 3.63) is 23.2 Å². The molecule has 2 aliphatic heterocycles. The van der Waals surface area contributed by atoms with Gasteiger partial charge in [0, 0.05) is 16.4 Å². The van der Waals surface area contributed by atoms with E-state index in [0.29, 0.717) is 21.6 Å². The molecule has 0 spiro atoms. The van der Waals surface area contributed by atoms with Gasteiger partial charge in [-0.2, -0.15) is 4.99 Å². The van der Waals surface area contributed by atoms with Gasteiger partial charge in [0.25, 0.3) is 5.91 Å². The minimum Gasteiger partial charge on any atom is -0.495 e. The van der Waals surface area contributed by atoms with Gasteiger partial charge in [-0.3, -0.25) is 4.79 Å². The summed E-state index contributed by atoms with van der Waals surface area (Å²) in [6, 6.07) is 4.98. The molecule has 0 bridgehead atoms. The van der Waals surface area contributed by atoms with Crippen LogP contribution in [0.25, 0.3) is 0 Å². The molecule has 3 rings (SSSR count). The number of benzene rings is 1. The highest BCUT2D eigenvalue weighted by Gasteiger charge is 2.49. The Hall–Kier alpha value is -1.25. The molecule has 9 heteroatoms. The molecule has 1 amide bonds. The molecule has 0 N–H and O–H groups in total. The molecule has 6 nitrogen and oxygen atoms in total. The lowest BCUT2D eigenvalue weighted by Gasteiger charge is -2.25. The zero-order chi connectivity index (χ0) is 19.3. The van der Waals surface area contributed by atoms with Crippen molar-refractivity contribution in [1.29, 1.82) is 0 Å². The third kappa shape index (κ3) is 3.73. The number of rotatable bonds is 2. The number of amides is 1. The second kappa shape index (κ2) is 6.73. The van der Waals surface area contributed by atoms with Gasteiger partial charge in [0.15, 0.2) is 15.0 Å². The molecule has 2 saturated heterocycles. The lowest BCUT2D eigenvalue weighted by molar-refractivity contribution is -0.124. The number of amidine groups is 1. The molecular formula is C17H21ClN2O4S2. The number of ether oxygens (including phenoxy) is 1. The summed E-state index contributed by atoms with van der Waals surface area (Å²) in [5.41, 5.74) is 0.0916. The van der Waals surface area contributed by atoms with Crippen LogP contribution in [0.5, 0.6) is 5.75 Å². The standard InChI is InChI=1S/C17H21ClN2O4S2/c1-17(2,3)15(21)19-16-20(10-5-6-13(24-4)11(18)7-10)12-8-26(22,23)9-14(12)25-16/h5-7,12,14H,8-9H2,1-4H3/t12-,14-/m0/s1. The van der Waals surface area contributed by atoms with E-state index < -0.39 is 15.3 Å². The molecule has 1 aromatic carbocycles. The zero-order valence-corrected chi connectivity index (χ0v) is 17.4. The fourth-order valence-electron chi connectivity index (χ4n) is 2.93. The molecular weight excluding hydrogens is 396 g/mol. The average Bonchev–Trinajstić information content (AvgIpc) is 2.97. The summed E-state index contributed by atoms with van der Waals surface area (Å²) in [7, 11) is -1.58. The zero-order valence-electron chi connectivity index (χ0n) is 15.0. The normalized spacial score (nSPS) is 26.2. The fourth-order valence-corrected chi connectivity index (χ4v) is 7.09. The van der Waals surface area contributed by atoms with Crippen LogP contribution in [0.4, 0.5) is 5.69 Å². The predicted octanol–water partition coefficient (Wildman–Crippen LogP) is 3.00. The van der Waals surface area contributed by atoms with Gasteiger partial charge in [-0.05, 0) is 18.2 Å². The van der Waals surface area contributed by atoms with Crippen molar-refractivity contribution < 1.29 is 17.9 Å². The van der Waals surface area contributed by atoms with Crippen LogP contribution in [0.2, 0.25) is 5.02 Å². The van der Waals surface area contributed by atoms with Gasteiger partial charge in [-0.25, -0.2) is 8.42 Å². The number of nitrogens with zero attached hydrogens (tertiary/aromatic N) is 2. The van der Waals surface area contributed by atoms with Crippen LogP contribution in [0.15, 0.2) is 23.2 Å². The maximum absolute atomic E-state index is 12.4. The number of hydrogen-bond acceptors (Lipinski definition) is 5. The van der Waals surface area contributed by atoms with Crippen LogP contribution in [-0.4, -0.2) is 49.4 Å². The summed E-state index contributed by atoms with van der Waals surface area (Å²) >= 11 is 7.60. The van der Waals surface area contributed by atoms with Crippen molar-refractivity contribution in [3.8, 4) is 5.75 Å². The highest BCUT2D eigenvalue weighted by Crippen LogP contribution is 2.42. The summed E-state index contributed by atoms with van der Waals surface area (Å²) in [6.45, 7) is 5.41. The van der Waals surface area contributed by atoms with Crippen LogP contribution in [0.3, 0.4) is 0 Å². The van der Waals surface area contributed by atoms with E-state index in [0.717, 1.165) is 0 Å². The molecule has 2 fully saturated rings. The van der Waals surface area contributed by atoms with Crippen LogP contribution >= 0.6 is 23.4 Å². The van der Waals surface area contributed by atoms with E-state index >= 15 is 0 Å². The van der Waals surface area contributed by atoms with Gasteiger partial charge in [-0.1, -0.05) is 44.1 Å². The molecule has 26 heavy (non-hydrogen) atoms. The second-order valence-corrected chi connectivity index (χ2v) is 11.2. The van der Waals surface area contributed by atoms with Gasteiger partial charge in [0.2, 0.25) is 0 Å². The van der Waals surface area contributed by atoms with Gasteiger partial charge in [0.05, 0.1) is 29.7 Å². The number of anilines is 1. The van der Waals surface area contributed by atoms with Crippen molar-refractivity contribution in [2.75, 3.05) is 23.5 Å². The number of thioether (sulfide) groups is 1. The third-order valence-electron chi connectivity index (χ3n) is 4.32. The Kier molecular flexibility index (Phi) is 5.05. The van der Waals surface area contributed by atoms with Crippen LogP contribution < -0.4 is 9.64 Å². The van der Waals surface area contributed by atoms with E-state index in [4.69, 9.17) is 16.3 Å². The fraction of sp³-hybridized carbons (Fsp3) is 0.529. The summed E-state index contributed by atoms with van der Waals surface area (Å²) in [4.78, 5) is 18.6. The number of fused-ring (bicyclic) bond motifs is 1. The number of aliphatic imine (C=N–C) groups is 1. The summed E-state index contributed by atoms with van der Waals surface area (Å²) in [6.07, 6.45) is 0. The van der Waals surface area contributed by atoms with Crippen molar-refractivity contribution in [1.82, 2.24) is 0 Å². The van der Waals surface area contributed by atoms with Gasteiger partial charge >= 0.3 is 0 Å². The van der Waals surface area contributed by atoms with Crippen molar-refractivity contribution in [2.24, 2.45) is 10.4 Å². The Bertz CT molecular complexity index is 877. The highest BCUT2D eigenvalue weighted by molar-refractivity contribution is 8.16. The third-order valence-corrected chi connectivity index (χ3v) is 7.82. The van der Waals surface area contributed by atoms with Gasteiger partial charge < -0.3 is 9.64 Å². The summed E-state index contributed by atoms with van der Waals surface area (Å²) in [5, 5.41) is 0.796. The summed E-state index contributed by atoms with van der Waals surface area (Å²) < 4.78 is 29.3. The smallest absolute Gasteiger partial charge is 0.253 e. The number of carbonyl (C=O) groups is 1. The maximum atomic E-state index is 12.4. The number of halogens is 1. The Morgan fingerprint density at radius 1 is 1.35 bits per heavy atom. The lowest BCUT2D eigenvalue weighted by atomic mass is 9.96. The van der Waals surface area contributed by atoms with Crippen molar-refractivity contribution in [3.63, 3.8) is 0 Å². The molecule has 0 aromatic heterocycles. The first-order valence-corrected chi connectivity index (χ1v) is 11.2. The van der Waals surface area contributed by atoms with Crippen LogP contribution in [-0.2, 0) is 14.6 Å². The minimum absolute atomic E-state index is 0.0387. The molecule has 0 aliphatic carbocycles. The molecule has 0 saturated carbocycles. The first-order chi connectivity index (χ1) is 12.0. The molecule has 142 valence electrons. The van der Waals surface area contributed by atoms with Gasteiger partial charge in [-0.15, -0.1) is 0 Å². The Morgan fingerprint density at radius 2 is 2.04 bits per heavy atom. The van der Waals surface area contributed by atoms with E-state index in [2.05, 4.69) is 4.99 Å². The number of sulfone groups is 1. The SMILES string of the molecule is COc1ccc(N2C(=NC(=O)C(C)(C)C)S[C@H]3CS(=O)(=O)C[C@@H]32)cc1Cl. The minimum atomic E-state index is -3.11. The van der Waals surface area contributed by atoms with E-state index in [1.807, 2.05) is 4.90 Å². The number of carbonyl (C=O) groups excluding carboxylic acids is 1. The molecule has 2 heterocycles. The Morgan fingerprint density at radius 3 is 2.62 bits per heavy atom. The number of methoxy groups -OCH3 is 1. The lowest BCUT2D eigenvalue weighted by Crippen LogP contribution is -2.38. The van der Waals surface area contributed by atoms with Crippen molar-refractivity contribution in [2.45, 2.75) is 32.1 Å². The van der Waals surface area contributed by atoms with Crippen LogP contribution in [0.1, 0.15) is 20.8 Å². The van der Waals surface area contributed by atoms with E-state index in [9.17, 15) is 13.2 Å². The largest absolute Gasteiger partial charge is 0.495 e. The molecule has 0 radical (unpaired) electrons. The van der Waals surface area contributed by atoms with E-state index in [1.165, 1.54) is 18.9 Å². The Balaban J connectivity index is 2.04. The molecule has 2 aliphatic rings. The van der Waals surface area contributed by atoms with E-state index in [-0.39, 0.29) is 28.7 Å². The molecule has 1 aromatic rings. The van der Waals surface area contributed by atoms with Crippen molar-refractivity contribution >= 4 is 50.0 Å². The monoisotopic (exact) mass is 416 g/mol. The maximum Gasteiger partial charge on any atom is 0.253 e. The second-order valence-electron chi connectivity index (χ2n) is 7.44.